The van der Waals surface area contributed by atoms with Gasteiger partial charge in [0.05, 0.1) is 0 Å². The zero-order valence-corrected chi connectivity index (χ0v) is 14.1. The van der Waals surface area contributed by atoms with Crippen LogP contribution in [0.2, 0.25) is 0 Å². The summed E-state index contributed by atoms with van der Waals surface area (Å²) in [5.74, 6) is 0.907. The molecule has 1 aliphatic rings. The average molecular weight is 313 g/mol. The van der Waals surface area contributed by atoms with Crippen LogP contribution in [-0.4, -0.2) is 44.2 Å². The van der Waals surface area contributed by atoms with E-state index >= 15 is 0 Å². The normalized spacial score (nSPS) is 19.1. The van der Waals surface area contributed by atoms with Crippen molar-refractivity contribution >= 4 is 0 Å². The number of piperidine rings is 1. The Morgan fingerprint density at radius 3 is 2.78 bits per heavy atom. The molecular formula is C18H27N5. The van der Waals surface area contributed by atoms with Gasteiger partial charge in [0.15, 0.2) is 0 Å². The molecule has 0 bridgehead atoms. The molecule has 1 aromatic heterocycles. The monoisotopic (exact) mass is 313 g/mol. The summed E-state index contributed by atoms with van der Waals surface area (Å²) in [5.41, 5.74) is 1.46. The maximum atomic E-state index is 4.03. The number of tetrazole rings is 1. The molecule has 0 spiro atoms. The van der Waals surface area contributed by atoms with Crippen LogP contribution in [0.4, 0.5) is 0 Å². The van der Waals surface area contributed by atoms with E-state index in [0.717, 1.165) is 31.4 Å². The van der Waals surface area contributed by atoms with Crippen molar-refractivity contribution in [2.45, 2.75) is 58.0 Å². The Morgan fingerprint density at radius 1 is 1.13 bits per heavy atom. The van der Waals surface area contributed by atoms with Crippen LogP contribution in [0.3, 0.4) is 0 Å². The number of hydrogen-bond donors (Lipinski definition) is 0. The Kier molecular flexibility index (Phi) is 5.75. The Morgan fingerprint density at radius 2 is 2.00 bits per heavy atom. The SMILES string of the molecule is Cc1nnnn1CCCN1CCCCC1CCc1ccccc1. The number of aromatic nitrogens is 4. The van der Waals surface area contributed by atoms with Gasteiger partial charge in [0.1, 0.15) is 5.82 Å². The Labute approximate surface area is 138 Å². The van der Waals surface area contributed by atoms with E-state index in [1.807, 2.05) is 11.6 Å². The van der Waals surface area contributed by atoms with Gasteiger partial charge in [-0.3, -0.25) is 0 Å². The lowest BCUT2D eigenvalue weighted by Crippen LogP contribution is -2.40. The molecular weight excluding hydrogens is 286 g/mol. The van der Waals surface area contributed by atoms with Gasteiger partial charge < -0.3 is 4.90 Å². The van der Waals surface area contributed by atoms with Gasteiger partial charge in [-0.25, -0.2) is 4.68 Å². The molecule has 1 aromatic carbocycles. The van der Waals surface area contributed by atoms with Gasteiger partial charge in [-0.05, 0) is 61.6 Å². The molecule has 1 unspecified atom stereocenters. The van der Waals surface area contributed by atoms with E-state index in [2.05, 4.69) is 50.8 Å². The van der Waals surface area contributed by atoms with Crippen molar-refractivity contribution in [1.29, 1.82) is 0 Å². The summed E-state index contributed by atoms with van der Waals surface area (Å²) in [5, 5.41) is 11.7. The minimum Gasteiger partial charge on any atom is -0.300 e. The Bertz CT molecular complexity index is 580. The standard InChI is InChI=1S/C18H27N5/c1-16-19-20-21-23(16)15-7-14-22-13-6-5-10-18(22)12-11-17-8-3-2-4-9-17/h2-4,8-9,18H,5-7,10-15H2,1H3. The third kappa shape index (κ3) is 4.61. The molecule has 0 aliphatic carbocycles. The second-order valence-electron chi connectivity index (χ2n) is 6.51. The smallest absolute Gasteiger partial charge is 0.148 e. The molecule has 1 atom stereocenters. The van der Waals surface area contributed by atoms with Crippen molar-refractivity contribution in [3.63, 3.8) is 0 Å². The highest BCUT2D eigenvalue weighted by atomic mass is 15.5. The van der Waals surface area contributed by atoms with Gasteiger partial charge >= 0.3 is 0 Å². The molecule has 0 saturated carbocycles. The van der Waals surface area contributed by atoms with Gasteiger partial charge in [-0.2, -0.15) is 0 Å². The molecule has 2 heterocycles. The molecule has 124 valence electrons. The fourth-order valence-electron chi connectivity index (χ4n) is 3.54. The van der Waals surface area contributed by atoms with Crippen molar-refractivity contribution in [3.8, 4) is 0 Å². The van der Waals surface area contributed by atoms with Crippen LogP contribution < -0.4 is 0 Å². The first-order valence-electron chi connectivity index (χ1n) is 8.83. The second kappa shape index (κ2) is 8.20. The van der Waals surface area contributed by atoms with Crippen LogP contribution in [0.25, 0.3) is 0 Å². The predicted molar refractivity (Wildman–Crippen MR) is 91.1 cm³/mol. The van der Waals surface area contributed by atoms with Crippen molar-refractivity contribution < 1.29 is 0 Å². The van der Waals surface area contributed by atoms with E-state index < -0.39 is 0 Å². The van der Waals surface area contributed by atoms with E-state index in [0.29, 0.717) is 0 Å². The Balaban J connectivity index is 1.47. The van der Waals surface area contributed by atoms with Crippen molar-refractivity contribution in [3.05, 3.63) is 41.7 Å². The van der Waals surface area contributed by atoms with Crippen LogP contribution in [0.15, 0.2) is 30.3 Å². The lowest BCUT2D eigenvalue weighted by Gasteiger charge is -2.36. The summed E-state index contributed by atoms with van der Waals surface area (Å²) < 4.78 is 1.91. The lowest BCUT2D eigenvalue weighted by atomic mass is 9.95. The van der Waals surface area contributed by atoms with Crippen LogP contribution in [0.5, 0.6) is 0 Å². The molecule has 23 heavy (non-hydrogen) atoms. The number of benzene rings is 1. The summed E-state index contributed by atoms with van der Waals surface area (Å²) in [4.78, 5) is 2.69. The molecule has 0 amide bonds. The summed E-state index contributed by atoms with van der Waals surface area (Å²) in [6, 6.07) is 11.6. The first-order chi connectivity index (χ1) is 11.3. The molecule has 0 N–H and O–H groups in total. The fraction of sp³-hybridized carbons (Fsp3) is 0.611. The second-order valence-corrected chi connectivity index (χ2v) is 6.51. The van der Waals surface area contributed by atoms with E-state index in [-0.39, 0.29) is 0 Å². The number of rotatable bonds is 7. The maximum absolute atomic E-state index is 4.03. The van der Waals surface area contributed by atoms with Crippen LogP contribution >= 0.6 is 0 Å². The van der Waals surface area contributed by atoms with E-state index in [9.17, 15) is 0 Å². The van der Waals surface area contributed by atoms with Crippen LogP contribution in [0.1, 0.15) is 43.5 Å². The highest BCUT2D eigenvalue weighted by Crippen LogP contribution is 2.21. The summed E-state index contributed by atoms with van der Waals surface area (Å²) in [6.45, 7) is 5.27. The predicted octanol–water partition coefficient (Wildman–Crippen LogP) is 2.86. The third-order valence-electron chi connectivity index (χ3n) is 4.88. The molecule has 0 radical (unpaired) electrons. The molecule has 1 fully saturated rings. The van der Waals surface area contributed by atoms with Crippen LogP contribution in [0, 0.1) is 6.92 Å². The first kappa shape index (κ1) is 16.1. The van der Waals surface area contributed by atoms with Crippen molar-refractivity contribution in [1.82, 2.24) is 25.1 Å². The zero-order valence-electron chi connectivity index (χ0n) is 14.1. The fourth-order valence-corrected chi connectivity index (χ4v) is 3.54. The van der Waals surface area contributed by atoms with Crippen LogP contribution in [-0.2, 0) is 13.0 Å². The molecule has 2 aromatic rings. The number of likely N-dealkylation sites (tertiary alicyclic amines) is 1. The van der Waals surface area contributed by atoms with E-state index in [1.54, 1.807) is 0 Å². The van der Waals surface area contributed by atoms with E-state index in [4.69, 9.17) is 0 Å². The highest BCUT2D eigenvalue weighted by Gasteiger charge is 2.21. The number of nitrogens with zero attached hydrogens (tertiary/aromatic N) is 5. The summed E-state index contributed by atoms with van der Waals surface area (Å²) in [6.07, 6.45) is 7.64. The zero-order chi connectivity index (χ0) is 15.9. The van der Waals surface area contributed by atoms with E-state index in [1.165, 1.54) is 44.2 Å². The minimum absolute atomic E-state index is 0.735. The first-order valence-corrected chi connectivity index (χ1v) is 8.83. The van der Waals surface area contributed by atoms with Gasteiger partial charge in [0.2, 0.25) is 0 Å². The third-order valence-corrected chi connectivity index (χ3v) is 4.88. The largest absolute Gasteiger partial charge is 0.300 e. The van der Waals surface area contributed by atoms with Crippen molar-refractivity contribution in [2.24, 2.45) is 0 Å². The van der Waals surface area contributed by atoms with Gasteiger partial charge in [-0.1, -0.05) is 36.8 Å². The number of hydrogen-bond acceptors (Lipinski definition) is 4. The maximum Gasteiger partial charge on any atom is 0.148 e. The molecule has 5 heteroatoms. The number of aryl methyl sites for hydroxylation is 3. The van der Waals surface area contributed by atoms with Crippen molar-refractivity contribution in [2.75, 3.05) is 13.1 Å². The average Bonchev–Trinajstić information content (AvgIpc) is 3.00. The molecule has 1 aliphatic heterocycles. The highest BCUT2D eigenvalue weighted by molar-refractivity contribution is 5.14. The Hall–Kier alpha value is -1.75. The van der Waals surface area contributed by atoms with Gasteiger partial charge in [0, 0.05) is 19.1 Å². The van der Waals surface area contributed by atoms with Gasteiger partial charge in [0.25, 0.3) is 0 Å². The van der Waals surface area contributed by atoms with Gasteiger partial charge in [-0.15, -0.1) is 5.10 Å². The molecule has 3 rings (SSSR count). The topological polar surface area (TPSA) is 46.8 Å². The lowest BCUT2D eigenvalue weighted by molar-refractivity contribution is 0.136. The summed E-state index contributed by atoms with van der Waals surface area (Å²) in [7, 11) is 0. The quantitative estimate of drug-likeness (QED) is 0.788. The molecule has 1 saturated heterocycles. The minimum atomic E-state index is 0.735. The summed E-state index contributed by atoms with van der Waals surface area (Å²) >= 11 is 0. The molecule has 5 nitrogen and oxygen atoms in total.